The van der Waals surface area contributed by atoms with Crippen molar-refractivity contribution >= 4 is 10.9 Å². The van der Waals surface area contributed by atoms with E-state index in [-0.39, 0.29) is 11.6 Å². The highest BCUT2D eigenvalue weighted by Crippen LogP contribution is 2.30. The number of aromatic nitrogens is 1. The zero-order valence-corrected chi connectivity index (χ0v) is 19.9. The monoisotopic (exact) mass is 459 g/mol. The maximum Gasteiger partial charge on any atom is 0.131 e. The predicted molar refractivity (Wildman–Crippen MR) is 136 cm³/mol. The first-order valence-corrected chi connectivity index (χ1v) is 12.1. The van der Waals surface area contributed by atoms with E-state index in [2.05, 4.69) is 11.9 Å². The zero-order valence-electron chi connectivity index (χ0n) is 19.9. The standard InChI is InChI=1S/C30H31F2NO/c1-3-4-5-6-7-8-17-34-25-13-9-22(10-14-25)26-15-11-23(19-28(26)32)30-18-21(2)27-20-24(31)12-16-29(27)33-30/h9-16,18-20H,3-8,17H2,1-2H3. The molecule has 1 heterocycles. The van der Waals surface area contributed by atoms with Crippen molar-refractivity contribution in [3.63, 3.8) is 0 Å². The average Bonchev–Trinajstić information content (AvgIpc) is 2.84. The number of nitrogens with zero attached hydrogens (tertiary/aromatic N) is 1. The van der Waals surface area contributed by atoms with Crippen molar-refractivity contribution in [1.82, 2.24) is 4.98 Å². The van der Waals surface area contributed by atoms with Crippen molar-refractivity contribution < 1.29 is 13.5 Å². The molecule has 176 valence electrons. The van der Waals surface area contributed by atoms with Crippen molar-refractivity contribution in [3.8, 4) is 28.1 Å². The van der Waals surface area contributed by atoms with Gasteiger partial charge in [0, 0.05) is 16.5 Å². The smallest absolute Gasteiger partial charge is 0.131 e. The molecule has 0 bridgehead atoms. The minimum Gasteiger partial charge on any atom is -0.494 e. The highest BCUT2D eigenvalue weighted by Gasteiger charge is 2.11. The number of ether oxygens (including phenoxy) is 1. The molecular formula is C30H31F2NO. The molecule has 3 aromatic carbocycles. The Kier molecular flexibility index (Phi) is 7.89. The van der Waals surface area contributed by atoms with Crippen LogP contribution in [0.4, 0.5) is 8.78 Å². The number of unbranched alkanes of at least 4 members (excludes halogenated alkanes) is 5. The van der Waals surface area contributed by atoms with Crippen LogP contribution < -0.4 is 4.74 Å². The SMILES string of the molecule is CCCCCCCCOc1ccc(-c2ccc(-c3cc(C)c4cc(F)ccc4n3)cc2F)cc1. The van der Waals surface area contributed by atoms with Crippen LogP contribution in [0.25, 0.3) is 33.3 Å². The highest BCUT2D eigenvalue weighted by atomic mass is 19.1. The first-order chi connectivity index (χ1) is 16.5. The lowest BCUT2D eigenvalue weighted by Crippen LogP contribution is -1.97. The maximum atomic E-state index is 15.1. The third-order valence-electron chi connectivity index (χ3n) is 6.17. The van der Waals surface area contributed by atoms with Crippen LogP contribution in [0, 0.1) is 18.6 Å². The number of rotatable bonds is 10. The van der Waals surface area contributed by atoms with Gasteiger partial charge in [-0.15, -0.1) is 0 Å². The summed E-state index contributed by atoms with van der Waals surface area (Å²) in [6.07, 6.45) is 7.37. The van der Waals surface area contributed by atoms with Crippen LogP contribution in [0.15, 0.2) is 66.7 Å². The van der Waals surface area contributed by atoms with E-state index in [0.29, 0.717) is 28.9 Å². The molecule has 0 aliphatic rings. The molecule has 0 spiro atoms. The Balaban J connectivity index is 1.43. The molecule has 1 aromatic heterocycles. The summed E-state index contributed by atoms with van der Waals surface area (Å²) < 4.78 is 34.5. The molecule has 0 atom stereocenters. The van der Waals surface area contributed by atoms with E-state index >= 15 is 4.39 Å². The summed E-state index contributed by atoms with van der Waals surface area (Å²) in [4.78, 5) is 4.61. The number of fused-ring (bicyclic) bond motifs is 1. The van der Waals surface area contributed by atoms with Crippen LogP contribution in [-0.4, -0.2) is 11.6 Å². The number of benzene rings is 3. The van der Waals surface area contributed by atoms with Gasteiger partial charge in [0.2, 0.25) is 0 Å². The summed E-state index contributed by atoms with van der Waals surface area (Å²) in [5, 5.41) is 0.764. The Morgan fingerprint density at radius 2 is 1.50 bits per heavy atom. The summed E-state index contributed by atoms with van der Waals surface area (Å²) in [5.41, 5.74) is 4.29. The lowest BCUT2D eigenvalue weighted by atomic mass is 10.00. The quantitative estimate of drug-likeness (QED) is 0.221. The Morgan fingerprint density at radius 3 is 2.26 bits per heavy atom. The molecule has 0 radical (unpaired) electrons. The van der Waals surface area contributed by atoms with Crippen molar-refractivity contribution in [1.29, 1.82) is 0 Å². The van der Waals surface area contributed by atoms with Gasteiger partial charge < -0.3 is 4.74 Å². The maximum absolute atomic E-state index is 15.1. The van der Waals surface area contributed by atoms with E-state index < -0.39 is 0 Å². The Morgan fingerprint density at radius 1 is 0.765 bits per heavy atom. The van der Waals surface area contributed by atoms with Crippen LogP contribution in [0.5, 0.6) is 5.75 Å². The molecule has 0 saturated carbocycles. The van der Waals surface area contributed by atoms with Gasteiger partial charge in [-0.05, 0) is 66.9 Å². The van der Waals surface area contributed by atoms with Gasteiger partial charge in [-0.2, -0.15) is 0 Å². The fourth-order valence-corrected chi connectivity index (χ4v) is 4.23. The number of pyridine rings is 1. The highest BCUT2D eigenvalue weighted by molar-refractivity contribution is 5.85. The Labute approximate surface area is 200 Å². The molecule has 34 heavy (non-hydrogen) atoms. The molecule has 0 fully saturated rings. The lowest BCUT2D eigenvalue weighted by molar-refractivity contribution is 0.304. The number of hydrogen-bond donors (Lipinski definition) is 0. The van der Waals surface area contributed by atoms with Gasteiger partial charge in [-0.1, -0.05) is 63.3 Å². The van der Waals surface area contributed by atoms with Gasteiger partial charge in [0.25, 0.3) is 0 Å². The molecule has 0 N–H and O–H groups in total. The van der Waals surface area contributed by atoms with E-state index in [1.54, 1.807) is 12.1 Å². The van der Waals surface area contributed by atoms with E-state index in [0.717, 1.165) is 28.7 Å². The van der Waals surface area contributed by atoms with Crippen molar-refractivity contribution in [2.24, 2.45) is 0 Å². The summed E-state index contributed by atoms with van der Waals surface area (Å²) in [6, 6.07) is 19.1. The minimum atomic E-state index is -0.308. The first kappa shape index (κ1) is 23.9. The summed E-state index contributed by atoms with van der Waals surface area (Å²) >= 11 is 0. The number of aryl methyl sites for hydroxylation is 1. The minimum absolute atomic E-state index is 0.292. The third kappa shape index (κ3) is 5.80. The van der Waals surface area contributed by atoms with Gasteiger partial charge in [-0.3, -0.25) is 0 Å². The molecule has 4 rings (SSSR count). The molecule has 4 heteroatoms. The largest absolute Gasteiger partial charge is 0.494 e. The van der Waals surface area contributed by atoms with Crippen LogP contribution >= 0.6 is 0 Å². The van der Waals surface area contributed by atoms with Gasteiger partial charge in [0.15, 0.2) is 0 Å². The fourth-order valence-electron chi connectivity index (χ4n) is 4.23. The molecule has 0 saturated heterocycles. The van der Waals surface area contributed by atoms with E-state index in [9.17, 15) is 4.39 Å². The Bertz CT molecular complexity index is 1250. The Hall–Kier alpha value is -3.27. The zero-order chi connectivity index (χ0) is 23.9. The van der Waals surface area contributed by atoms with E-state index in [4.69, 9.17) is 4.74 Å². The predicted octanol–water partition coefficient (Wildman–Crippen LogP) is 8.89. The second-order valence-corrected chi connectivity index (χ2v) is 8.82. The average molecular weight is 460 g/mol. The topological polar surface area (TPSA) is 22.1 Å². The van der Waals surface area contributed by atoms with Crippen molar-refractivity contribution in [2.45, 2.75) is 52.4 Å². The molecular weight excluding hydrogens is 428 g/mol. The van der Waals surface area contributed by atoms with Gasteiger partial charge >= 0.3 is 0 Å². The summed E-state index contributed by atoms with van der Waals surface area (Å²) in [6.45, 7) is 4.84. The van der Waals surface area contributed by atoms with Crippen LogP contribution in [0.2, 0.25) is 0 Å². The van der Waals surface area contributed by atoms with Crippen LogP contribution in [0.3, 0.4) is 0 Å². The van der Waals surface area contributed by atoms with Crippen molar-refractivity contribution in [3.05, 3.63) is 83.9 Å². The van der Waals surface area contributed by atoms with Crippen molar-refractivity contribution in [2.75, 3.05) is 6.61 Å². The van der Waals surface area contributed by atoms with Crippen LogP contribution in [-0.2, 0) is 0 Å². The normalized spacial score (nSPS) is 11.2. The third-order valence-corrected chi connectivity index (χ3v) is 6.17. The van der Waals surface area contributed by atoms with Gasteiger partial charge in [0.1, 0.15) is 17.4 Å². The molecule has 0 aliphatic heterocycles. The summed E-state index contributed by atoms with van der Waals surface area (Å²) in [5.74, 6) is 0.206. The molecule has 0 unspecified atom stereocenters. The molecule has 0 aliphatic carbocycles. The van der Waals surface area contributed by atoms with E-state index in [1.165, 1.54) is 50.3 Å². The summed E-state index contributed by atoms with van der Waals surface area (Å²) in [7, 11) is 0. The fraction of sp³-hybridized carbons (Fsp3) is 0.300. The lowest BCUT2D eigenvalue weighted by Gasteiger charge is -2.10. The second-order valence-electron chi connectivity index (χ2n) is 8.82. The molecule has 2 nitrogen and oxygen atoms in total. The first-order valence-electron chi connectivity index (χ1n) is 12.1. The molecule has 4 aromatic rings. The van der Waals surface area contributed by atoms with Crippen LogP contribution in [0.1, 0.15) is 51.0 Å². The van der Waals surface area contributed by atoms with E-state index in [1.807, 2.05) is 43.3 Å². The number of halogens is 2. The number of hydrogen-bond acceptors (Lipinski definition) is 2. The van der Waals surface area contributed by atoms with Gasteiger partial charge in [0.05, 0.1) is 17.8 Å². The molecule has 0 amide bonds. The van der Waals surface area contributed by atoms with Gasteiger partial charge in [-0.25, -0.2) is 13.8 Å². The second kappa shape index (κ2) is 11.2.